The van der Waals surface area contributed by atoms with E-state index < -0.39 is 5.60 Å². The van der Waals surface area contributed by atoms with Crippen LogP contribution in [-0.2, 0) is 4.74 Å². The minimum atomic E-state index is -0.500. The lowest BCUT2D eigenvalue weighted by atomic mass is 10.00. The first-order chi connectivity index (χ1) is 13.8. The summed E-state index contributed by atoms with van der Waals surface area (Å²) < 4.78 is 10.7. The molecule has 0 bridgehead atoms. The largest absolute Gasteiger partial charge is 0.497 e. The zero-order valence-electron chi connectivity index (χ0n) is 17.5. The van der Waals surface area contributed by atoms with Gasteiger partial charge in [0.2, 0.25) is 0 Å². The van der Waals surface area contributed by atoms with E-state index >= 15 is 0 Å². The second-order valence-electron chi connectivity index (χ2n) is 8.08. The fraction of sp³-hybridized carbons (Fsp3) is 0.391. The maximum absolute atomic E-state index is 12.3. The highest BCUT2D eigenvalue weighted by Gasteiger charge is 2.26. The fourth-order valence-electron chi connectivity index (χ4n) is 3.36. The smallest absolute Gasteiger partial charge is 0.410 e. The van der Waals surface area contributed by atoms with Gasteiger partial charge in [0, 0.05) is 43.0 Å². The first kappa shape index (κ1) is 20.7. The monoisotopic (exact) mass is 396 g/mol. The molecule has 29 heavy (non-hydrogen) atoms. The number of hydrogen-bond acceptors (Lipinski definition) is 5. The Morgan fingerprint density at radius 3 is 2.21 bits per heavy atom. The third-order valence-electron chi connectivity index (χ3n) is 4.83. The molecule has 0 atom stereocenters. The van der Waals surface area contributed by atoms with Gasteiger partial charge in [0.05, 0.1) is 7.11 Å². The third kappa shape index (κ3) is 5.08. The van der Waals surface area contributed by atoms with Gasteiger partial charge in [0.15, 0.2) is 0 Å². The molecule has 2 aromatic carbocycles. The highest BCUT2D eigenvalue weighted by atomic mass is 16.6. The average Bonchev–Trinajstić information content (AvgIpc) is 2.72. The second kappa shape index (κ2) is 8.55. The van der Waals surface area contributed by atoms with E-state index in [0.717, 1.165) is 28.8 Å². The quantitative estimate of drug-likeness (QED) is 0.724. The van der Waals surface area contributed by atoms with Crippen LogP contribution in [0, 0.1) is 0 Å². The molecular weight excluding hydrogens is 368 g/mol. The van der Waals surface area contributed by atoms with Crippen molar-refractivity contribution < 1.29 is 19.1 Å². The molecule has 0 radical (unpaired) electrons. The van der Waals surface area contributed by atoms with Gasteiger partial charge in [-0.25, -0.2) is 4.79 Å². The highest BCUT2D eigenvalue weighted by Crippen LogP contribution is 2.33. The number of benzene rings is 2. The lowest BCUT2D eigenvalue weighted by molar-refractivity contribution is 0.0240. The van der Waals surface area contributed by atoms with Gasteiger partial charge < -0.3 is 19.3 Å². The van der Waals surface area contributed by atoms with Crippen molar-refractivity contribution in [3.63, 3.8) is 0 Å². The van der Waals surface area contributed by atoms with Crippen LogP contribution < -0.4 is 9.64 Å². The van der Waals surface area contributed by atoms with E-state index in [4.69, 9.17) is 9.47 Å². The van der Waals surface area contributed by atoms with Gasteiger partial charge in [-0.05, 0) is 56.7 Å². The van der Waals surface area contributed by atoms with Crippen LogP contribution in [0.25, 0.3) is 11.1 Å². The van der Waals surface area contributed by atoms with Crippen molar-refractivity contribution in [1.29, 1.82) is 0 Å². The number of amides is 1. The standard InChI is InChI=1S/C23H28N2O4/c1-23(2,3)29-22(27)25-13-11-24(12-14-25)21-10-5-17(16-26)15-20(21)18-6-8-19(28-4)9-7-18/h5-10,15-16H,11-14H2,1-4H3. The molecule has 0 saturated carbocycles. The van der Waals surface area contributed by atoms with E-state index in [-0.39, 0.29) is 6.09 Å². The topological polar surface area (TPSA) is 59.1 Å². The van der Waals surface area contributed by atoms with Crippen LogP contribution in [0.4, 0.5) is 10.5 Å². The number of methoxy groups -OCH3 is 1. The summed E-state index contributed by atoms with van der Waals surface area (Å²) in [4.78, 5) is 27.6. The lowest BCUT2D eigenvalue weighted by Crippen LogP contribution is -2.50. The van der Waals surface area contributed by atoms with Crippen LogP contribution in [0.2, 0.25) is 0 Å². The summed E-state index contributed by atoms with van der Waals surface area (Å²) in [5.41, 5.74) is 3.18. The molecule has 1 fully saturated rings. The van der Waals surface area contributed by atoms with E-state index in [1.807, 2.05) is 63.2 Å². The number of piperazine rings is 1. The van der Waals surface area contributed by atoms with Crippen LogP contribution in [0.5, 0.6) is 5.75 Å². The molecule has 3 rings (SSSR count). The highest BCUT2D eigenvalue weighted by molar-refractivity contribution is 5.86. The number of aldehydes is 1. The molecule has 1 amide bonds. The predicted octanol–water partition coefficient (Wildman–Crippen LogP) is 4.23. The van der Waals surface area contributed by atoms with Crippen LogP contribution in [0.1, 0.15) is 31.1 Å². The SMILES string of the molecule is COc1ccc(-c2cc(C=O)ccc2N2CCN(C(=O)OC(C)(C)C)CC2)cc1. The fourth-order valence-corrected chi connectivity index (χ4v) is 3.36. The lowest BCUT2D eigenvalue weighted by Gasteiger charge is -2.37. The number of anilines is 1. The zero-order chi connectivity index (χ0) is 21.0. The van der Waals surface area contributed by atoms with Crippen LogP contribution >= 0.6 is 0 Å². The van der Waals surface area contributed by atoms with Gasteiger partial charge in [0.1, 0.15) is 17.6 Å². The summed E-state index contributed by atoms with van der Waals surface area (Å²) in [6, 6.07) is 13.5. The summed E-state index contributed by atoms with van der Waals surface area (Å²) in [6.45, 7) is 8.19. The van der Waals surface area contributed by atoms with Crippen molar-refractivity contribution in [2.24, 2.45) is 0 Å². The Kier molecular flexibility index (Phi) is 6.11. The molecule has 0 spiro atoms. The molecule has 2 aromatic rings. The number of ether oxygens (including phenoxy) is 2. The summed E-state index contributed by atoms with van der Waals surface area (Å²) in [5, 5.41) is 0. The van der Waals surface area contributed by atoms with Crippen LogP contribution in [0.3, 0.4) is 0 Å². The average molecular weight is 396 g/mol. The Morgan fingerprint density at radius 1 is 1.00 bits per heavy atom. The van der Waals surface area contributed by atoms with Crippen LogP contribution in [-0.4, -0.2) is 56.2 Å². The Labute approximate surface area is 172 Å². The van der Waals surface area contributed by atoms with Gasteiger partial charge in [-0.1, -0.05) is 12.1 Å². The predicted molar refractivity (Wildman–Crippen MR) is 114 cm³/mol. The van der Waals surface area contributed by atoms with Crippen molar-refractivity contribution in [3.05, 3.63) is 48.0 Å². The normalized spacial score (nSPS) is 14.5. The zero-order valence-corrected chi connectivity index (χ0v) is 17.5. The van der Waals surface area contributed by atoms with E-state index in [0.29, 0.717) is 31.7 Å². The van der Waals surface area contributed by atoms with E-state index in [1.54, 1.807) is 12.0 Å². The van der Waals surface area contributed by atoms with E-state index in [2.05, 4.69) is 4.90 Å². The summed E-state index contributed by atoms with van der Waals surface area (Å²) in [7, 11) is 1.64. The molecule has 1 aliphatic rings. The van der Waals surface area contributed by atoms with Gasteiger partial charge >= 0.3 is 6.09 Å². The van der Waals surface area contributed by atoms with Gasteiger partial charge in [-0.15, -0.1) is 0 Å². The van der Waals surface area contributed by atoms with Gasteiger partial charge in [-0.3, -0.25) is 4.79 Å². The minimum Gasteiger partial charge on any atom is -0.497 e. The van der Waals surface area contributed by atoms with Crippen molar-refractivity contribution in [1.82, 2.24) is 4.90 Å². The molecule has 1 saturated heterocycles. The number of rotatable bonds is 4. The Morgan fingerprint density at radius 2 is 1.66 bits per heavy atom. The number of carbonyl (C=O) groups is 2. The molecule has 154 valence electrons. The second-order valence-corrected chi connectivity index (χ2v) is 8.08. The Balaban J connectivity index is 1.80. The molecule has 6 heteroatoms. The Bertz CT molecular complexity index is 863. The molecular formula is C23H28N2O4. The summed E-state index contributed by atoms with van der Waals surface area (Å²) in [5.74, 6) is 0.785. The summed E-state index contributed by atoms with van der Waals surface area (Å²) in [6.07, 6.45) is 0.584. The molecule has 0 N–H and O–H groups in total. The minimum absolute atomic E-state index is 0.274. The third-order valence-corrected chi connectivity index (χ3v) is 4.83. The maximum atomic E-state index is 12.3. The first-order valence-electron chi connectivity index (χ1n) is 9.77. The number of carbonyl (C=O) groups excluding carboxylic acids is 2. The Hall–Kier alpha value is -3.02. The van der Waals surface area contributed by atoms with E-state index in [1.165, 1.54) is 0 Å². The van der Waals surface area contributed by atoms with Crippen molar-refractivity contribution >= 4 is 18.1 Å². The summed E-state index contributed by atoms with van der Waals surface area (Å²) >= 11 is 0. The van der Waals surface area contributed by atoms with Crippen LogP contribution in [0.15, 0.2) is 42.5 Å². The molecule has 6 nitrogen and oxygen atoms in total. The molecule has 0 aromatic heterocycles. The van der Waals surface area contributed by atoms with Crippen molar-refractivity contribution in [2.45, 2.75) is 26.4 Å². The van der Waals surface area contributed by atoms with E-state index in [9.17, 15) is 9.59 Å². The molecule has 1 aliphatic heterocycles. The van der Waals surface area contributed by atoms with Crippen molar-refractivity contribution in [3.8, 4) is 16.9 Å². The van der Waals surface area contributed by atoms with Gasteiger partial charge in [0.25, 0.3) is 0 Å². The first-order valence-corrected chi connectivity index (χ1v) is 9.77. The number of nitrogens with zero attached hydrogens (tertiary/aromatic N) is 2. The maximum Gasteiger partial charge on any atom is 0.410 e. The van der Waals surface area contributed by atoms with Crippen molar-refractivity contribution in [2.75, 3.05) is 38.2 Å². The van der Waals surface area contributed by atoms with Gasteiger partial charge in [-0.2, -0.15) is 0 Å². The number of hydrogen-bond donors (Lipinski definition) is 0. The molecule has 0 aliphatic carbocycles. The molecule has 0 unspecified atom stereocenters. The molecule has 1 heterocycles.